The maximum atomic E-state index is 13.4. The molecule has 4 rings (SSSR count). The molecule has 7 heteroatoms. The van der Waals surface area contributed by atoms with E-state index in [0.29, 0.717) is 17.8 Å². The van der Waals surface area contributed by atoms with Crippen LogP contribution in [0.4, 0.5) is 11.4 Å². The lowest BCUT2D eigenvalue weighted by Gasteiger charge is -2.45. The quantitative estimate of drug-likeness (QED) is 0.738. The molecule has 1 atom stereocenters. The minimum absolute atomic E-state index is 0.0519. The van der Waals surface area contributed by atoms with Gasteiger partial charge in [-0.1, -0.05) is 29.8 Å². The van der Waals surface area contributed by atoms with Crippen LogP contribution in [0.1, 0.15) is 40.7 Å². The number of anilines is 2. The number of nitrogens with zero attached hydrogens (tertiary/aromatic N) is 3. The van der Waals surface area contributed by atoms with Crippen LogP contribution in [-0.2, 0) is 16.0 Å². The van der Waals surface area contributed by atoms with E-state index in [4.69, 9.17) is 0 Å². The van der Waals surface area contributed by atoms with Crippen molar-refractivity contribution in [2.75, 3.05) is 43.5 Å². The number of rotatable bonds is 6. The molecule has 2 heterocycles. The third-order valence-corrected chi connectivity index (χ3v) is 6.44. The highest BCUT2D eigenvalue weighted by Crippen LogP contribution is 2.40. The van der Waals surface area contributed by atoms with E-state index in [2.05, 4.69) is 34.5 Å². The molecule has 7 nitrogen and oxygen atoms in total. The van der Waals surface area contributed by atoms with E-state index >= 15 is 0 Å². The molecule has 1 fully saturated rings. The molecule has 2 aromatic carbocycles. The molecule has 2 aliphatic heterocycles. The van der Waals surface area contributed by atoms with Crippen molar-refractivity contribution in [2.45, 2.75) is 38.6 Å². The fourth-order valence-corrected chi connectivity index (χ4v) is 4.61. The largest absolute Gasteiger partial charge is 0.358 e. The Balaban J connectivity index is 1.52. The van der Waals surface area contributed by atoms with Gasteiger partial charge in [-0.25, -0.2) is 0 Å². The van der Waals surface area contributed by atoms with Gasteiger partial charge in [-0.2, -0.15) is 0 Å². The Morgan fingerprint density at radius 3 is 2.55 bits per heavy atom. The van der Waals surface area contributed by atoms with Crippen LogP contribution in [0.2, 0.25) is 0 Å². The highest BCUT2D eigenvalue weighted by molar-refractivity contribution is 6.09. The van der Waals surface area contributed by atoms with E-state index in [1.807, 2.05) is 19.1 Å². The molecule has 2 aliphatic rings. The van der Waals surface area contributed by atoms with Gasteiger partial charge in [0.1, 0.15) is 12.6 Å². The summed E-state index contributed by atoms with van der Waals surface area (Å²) in [6.45, 7) is 3.31. The molecule has 0 aromatic heterocycles. The maximum absolute atomic E-state index is 13.4. The zero-order valence-corrected chi connectivity index (χ0v) is 19.6. The monoisotopic (exact) mass is 448 g/mol. The standard InChI is InChI=1S/C26H32N4O3/c1-18-7-9-19(10-8-18)13-14-27-24(31)17-30-23-16-20(25(32)28(2)3)11-12-21(23)29-15-5-4-6-22(29)26(30)33/h7-12,16,22H,4-6,13-15,17H2,1-3H3,(H,27,31). The lowest BCUT2D eigenvalue weighted by molar-refractivity contribution is -0.124. The van der Waals surface area contributed by atoms with Crippen LogP contribution in [0.3, 0.4) is 0 Å². The SMILES string of the molecule is Cc1ccc(CCNC(=O)CN2C(=O)C3CCCCN3c3ccc(C(=O)N(C)C)cc32)cc1. The Morgan fingerprint density at radius 2 is 1.82 bits per heavy atom. The number of amides is 3. The molecule has 1 saturated heterocycles. The number of nitrogens with one attached hydrogen (secondary N) is 1. The second-order valence-corrected chi connectivity index (χ2v) is 9.12. The maximum Gasteiger partial charge on any atom is 0.253 e. The number of hydrogen-bond acceptors (Lipinski definition) is 4. The first-order valence-electron chi connectivity index (χ1n) is 11.6. The number of aryl methyl sites for hydroxylation is 1. The van der Waals surface area contributed by atoms with Crippen molar-refractivity contribution in [1.82, 2.24) is 10.2 Å². The van der Waals surface area contributed by atoms with Crippen LogP contribution in [0.5, 0.6) is 0 Å². The van der Waals surface area contributed by atoms with Gasteiger partial charge in [0, 0.05) is 32.7 Å². The predicted molar refractivity (Wildman–Crippen MR) is 130 cm³/mol. The third-order valence-electron chi connectivity index (χ3n) is 6.44. The predicted octanol–water partition coefficient (Wildman–Crippen LogP) is 2.76. The second-order valence-electron chi connectivity index (χ2n) is 9.12. The molecule has 0 spiro atoms. The summed E-state index contributed by atoms with van der Waals surface area (Å²) in [5.41, 5.74) is 4.42. The fourth-order valence-electron chi connectivity index (χ4n) is 4.61. The van der Waals surface area contributed by atoms with E-state index in [1.165, 1.54) is 10.5 Å². The Hall–Kier alpha value is -3.35. The molecule has 1 unspecified atom stereocenters. The van der Waals surface area contributed by atoms with Crippen molar-refractivity contribution in [3.05, 3.63) is 59.2 Å². The summed E-state index contributed by atoms with van der Waals surface area (Å²) in [7, 11) is 3.40. The van der Waals surface area contributed by atoms with Gasteiger partial charge in [-0.3, -0.25) is 19.3 Å². The van der Waals surface area contributed by atoms with Crippen LogP contribution in [0.15, 0.2) is 42.5 Å². The zero-order valence-electron chi connectivity index (χ0n) is 19.6. The highest BCUT2D eigenvalue weighted by atomic mass is 16.2. The van der Waals surface area contributed by atoms with Gasteiger partial charge in [0.15, 0.2) is 0 Å². The molecular formula is C26H32N4O3. The Morgan fingerprint density at radius 1 is 1.06 bits per heavy atom. The van der Waals surface area contributed by atoms with E-state index in [1.54, 1.807) is 25.1 Å². The summed E-state index contributed by atoms with van der Waals surface area (Å²) in [5, 5.41) is 2.95. The second kappa shape index (κ2) is 9.65. The molecule has 0 radical (unpaired) electrons. The molecule has 3 amide bonds. The van der Waals surface area contributed by atoms with Gasteiger partial charge >= 0.3 is 0 Å². The van der Waals surface area contributed by atoms with Crippen molar-refractivity contribution in [3.8, 4) is 0 Å². The molecular weight excluding hydrogens is 416 g/mol. The number of benzene rings is 2. The number of carbonyl (C=O) groups is 3. The summed E-state index contributed by atoms with van der Waals surface area (Å²) in [4.78, 5) is 44.0. The highest BCUT2D eigenvalue weighted by Gasteiger charge is 2.40. The van der Waals surface area contributed by atoms with Gasteiger partial charge in [0.2, 0.25) is 11.8 Å². The molecule has 174 valence electrons. The minimum Gasteiger partial charge on any atom is -0.358 e. The fraction of sp³-hybridized carbons (Fsp3) is 0.423. The molecule has 0 saturated carbocycles. The normalized spacial score (nSPS) is 17.3. The smallest absolute Gasteiger partial charge is 0.253 e. The summed E-state index contributed by atoms with van der Waals surface area (Å²) in [5.74, 6) is -0.395. The van der Waals surface area contributed by atoms with Crippen LogP contribution in [0.25, 0.3) is 0 Å². The van der Waals surface area contributed by atoms with Crippen LogP contribution in [-0.4, -0.2) is 62.4 Å². The average Bonchev–Trinajstić information content (AvgIpc) is 2.82. The van der Waals surface area contributed by atoms with Crippen LogP contribution in [0, 0.1) is 6.92 Å². The van der Waals surface area contributed by atoms with Crippen molar-refractivity contribution >= 4 is 29.1 Å². The minimum atomic E-state index is -0.248. The van der Waals surface area contributed by atoms with Crippen LogP contribution >= 0.6 is 0 Å². The molecule has 2 aromatic rings. The zero-order chi connectivity index (χ0) is 23.5. The van der Waals surface area contributed by atoms with Gasteiger partial charge < -0.3 is 15.1 Å². The van der Waals surface area contributed by atoms with Gasteiger partial charge in [0.25, 0.3) is 5.91 Å². The Bertz CT molecular complexity index is 1050. The van der Waals surface area contributed by atoms with Gasteiger partial charge in [-0.05, 0) is 56.4 Å². The molecule has 0 aliphatic carbocycles. The summed E-state index contributed by atoms with van der Waals surface area (Å²) in [6, 6.07) is 13.5. The van der Waals surface area contributed by atoms with Crippen molar-refractivity contribution in [3.63, 3.8) is 0 Å². The number of fused-ring (bicyclic) bond motifs is 3. The first-order chi connectivity index (χ1) is 15.8. The van der Waals surface area contributed by atoms with E-state index in [0.717, 1.165) is 43.5 Å². The third kappa shape index (κ3) is 4.87. The molecule has 0 bridgehead atoms. The van der Waals surface area contributed by atoms with Crippen molar-refractivity contribution in [2.24, 2.45) is 0 Å². The number of piperidine rings is 1. The van der Waals surface area contributed by atoms with Gasteiger partial charge in [-0.15, -0.1) is 0 Å². The lowest BCUT2D eigenvalue weighted by Crippen LogP contribution is -2.57. The number of carbonyl (C=O) groups excluding carboxylic acids is 3. The average molecular weight is 449 g/mol. The first-order valence-corrected chi connectivity index (χ1v) is 11.6. The van der Waals surface area contributed by atoms with Crippen molar-refractivity contribution < 1.29 is 14.4 Å². The topological polar surface area (TPSA) is 73.0 Å². The first kappa shape index (κ1) is 22.8. The summed E-state index contributed by atoms with van der Waals surface area (Å²) >= 11 is 0. The van der Waals surface area contributed by atoms with E-state index in [-0.39, 0.29) is 30.3 Å². The summed E-state index contributed by atoms with van der Waals surface area (Å²) < 4.78 is 0. The Kier molecular flexibility index (Phi) is 6.67. The van der Waals surface area contributed by atoms with E-state index in [9.17, 15) is 14.4 Å². The summed E-state index contributed by atoms with van der Waals surface area (Å²) in [6.07, 6.45) is 3.54. The Labute approximate surface area is 195 Å². The van der Waals surface area contributed by atoms with Crippen molar-refractivity contribution in [1.29, 1.82) is 0 Å². The molecule has 33 heavy (non-hydrogen) atoms. The van der Waals surface area contributed by atoms with Crippen LogP contribution < -0.4 is 15.1 Å². The number of hydrogen-bond donors (Lipinski definition) is 1. The molecule has 1 N–H and O–H groups in total. The van der Waals surface area contributed by atoms with E-state index < -0.39 is 0 Å². The van der Waals surface area contributed by atoms with Gasteiger partial charge in [0.05, 0.1) is 11.4 Å². The lowest BCUT2D eigenvalue weighted by atomic mass is 9.95.